The Morgan fingerprint density at radius 3 is 2.50 bits per heavy atom. The molecule has 12 heavy (non-hydrogen) atoms. The maximum atomic E-state index is 11.1. The molecule has 0 heterocycles. The summed E-state index contributed by atoms with van der Waals surface area (Å²) in [5.74, 6) is -0.0437. The SMILES string of the molecule is CCCCCC(=O)OC(C)CC. The molecule has 0 aliphatic rings. The molecule has 0 amide bonds. The minimum Gasteiger partial charge on any atom is -0.463 e. The molecule has 2 nitrogen and oxygen atoms in total. The average Bonchev–Trinajstić information content (AvgIpc) is 2.05. The highest BCUT2D eigenvalue weighted by Gasteiger charge is 2.06. The van der Waals surface area contributed by atoms with Gasteiger partial charge in [0, 0.05) is 6.42 Å². The van der Waals surface area contributed by atoms with Crippen LogP contribution < -0.4 is 0 Å². The number of esters is 1. The van der Waals surface area contributed by atoms with Crippen molar-refractivity contribution < 1.29 is 9.53 Å². The van der Waals surface area contributed by atoms with E-state index in [1.165, 1.54) is 0 Å². The molecule has 2 heteroatoms. The molecule has 0 bridgehead atoms. The van der Waals surface area contributed by atoms with Gasteiger partial charge in [-0.2, -0.15) is 0 Å². The molecular weight excluding hydrogens is 152 g/mol. The van der Waals surface area contributed by atoms with Crippen molar-refractivity contribution in [2.24, 2.45) is 0 Å². The molecule has 0 aromatic carbocycles. The Labute approximate surface area is 75.3 Å². The summed E-state index contributed by atoms with van der Waals surface area (Å²) in [6, 6.07) is 0. The van der Waals surface area contributed by atoms with Crippen molar-refractivity contribution in [3.05, 3.63) is 0 Å². The van der Waals surface area contributed by atoms with Gasteiger partial charge in [0.1, 0.15) is 0 Å². The summed E-state index contributed by atoms with van der Waals surface area (Å²) in [5.41, 5.74) is 0. The topological polar surface area (TPSA) is 26.3 Å². The molecule has 0 aliphatic heterocycles. The Bertz CT molecular complexity index is 121. The molecule has 0 radical (unpaired) electrons. The van der Waals surface area contributed by atoms with Crippen LogP contribution in [0.25, 0.3) is 0 Å². The quantitative estimate of drug-likeness (QED) is 0.455. The molecule has 1 atom stereocenters. The van der Waals surface area contributed by atoms with Crippen LogP contribution in [0.4, 0.5) is 0 Å². The van der Waals surface area contributed by atoms with E-state index < -0.39 is 0 Å². The Morgan fingerprint density at radius 2 is 2.00 bits per heavy atom. The van der Waals surface area contributed by atoms with Crippen LogP contribution in [0.3, 0.4) is 0 Å². The van der Waals surface area contributed by atoms with Crippen molar-refractivity contribution in [2.75, 3.05) is 0 Å². The second-order valence-electron chi connectivity index (χ2n) is 3.17. The number of unbranched alkanes of at least 4 members (excludes halogenated alkanes) is 2. The first-order valence-corrected chi connectivity index (χ1v) is 4.90. The predicted molar refractivity (Wildman–Crippen MR) is 50.0 cm³/mol. The van der Waals surface area contributed by atoms with Gasteiger partial charge in [-0.25, -0.2) is 0 Å². The Morgan fingerprint density at radius 1 is 1.33 bits per heavy atom. The van der Waals surface area contributed by atoms with Crippen LogP contribution in [0.15, 0.2) is 0 Å². The minimum atomic E-state index is -0.0437. The number of hydrogen-bond acceptors (Lipinski definition) is 2. The van der Waals surface area contributed by atoms with Gasteiger partial charge in [-0.15, -0.1) is 0 Å². The summed E-state index contributed by atoms with van der Waals surface area (Å²) in [6.45, 7) is 6.07. The number of ether oxygens (including phenoxy) is 1. The third-order valence-corrected chi connectivity index (χ3v) is 1.89. The molecular formula is C10H20O2. The van der Waals surface area contributed by atoms with Crippen LogP contribution in [-0.2, 0) is 9.53 Å². The molecule has 0 aromatic rings. The summed E-state index contributed by atoms with van der Waals surface area (Å²) in [4.78, 5) is 11.1. The maximum absolute atomic E-state index is 11.1. The van der Waals surface area contributed by atoms with Gasteiger partial charge < -0.3 is 4.74 Å². The lowest BCUT2D eigenvalue weighted by atomic mass is 10.2. The second kappa shape index (κ2) is 7.14. The minimum absolute atomic E-state index is 0.0437. The summed E-state index contributed by atoms with van der Waals surface area (Å²) in [6.07, 6.45) is 4.80. The Hall–Kier alpha value is -0.530. The molecule has 0 N–H and O–H groups in total. The Kier molecular flexibility index (Phi) is 6.82. The largest absolute Gasteiger partial charge is 0.463 e. The lowest BCUT2D eigenvalue weighted by Gasteiger charge is -2.09. The maximum Gasteiger partial charge on any atom is 0.306 e. The van der Waals surface area contributed by atoms with Crippen molar-refractivity contribution in [2.45, 2.75) is 59.0 Å². The van der Waals surface area contributed by atoms with Gasteiger partial charge >= 0.3 is 5.97 Å². The molecule has 0 aromatic heterocycles. The summed E-state index contributed by atoms with van der Waals surface area (Å²) in [5, 5.41) is 0. The van der Waals surface area contributed by atoms with E-state index in [1.807, 2.05) is 13.8 Å². The molecule has 0 saturated carbocycles. The molecule has 72 valence electrons. The average molecular weight is 172 g/mol. The van der Waals surface area contributed by atoms with Crippen LogP contribution in [-0.4, -0.2) is 12.1 Å². The molecule has 0 aliphatic carbocycles. The molecule has 1 unspecified atom stereocenters. The third-order valence-electron chi connectivity index (χ3n) is 1.89. The standard InChI is InChI=1S/C10H20O2/c1-4-6-7-8-10(11)12-9(3)5-2/h9H,4-8H2,1-3H3. The highest BCUT2D eigenvalue weighted by atomic mass is 16.5. The van der Waals surface area contributed by atoms with Crippen LogP contribution in [0.1, 0.15) is 52.9 Å². The highest BCUT2D eigenvalue weighted by molar-refractivity contribution is 5.69. The van der Waals surface area contributed by atoms with Gasteiger partial charge in [-0.05, 0) is 19.8 Å². The first-order chi connectivity index (χ1) is 5.70. The van der Waals surface area contributed by atoms with Crippen molar-refractivity contribution >= 4 is 5.97 Å². The van der Waals surface area contributed by atoms with Crippen LogP contribution >= 0.6 is 0 Å². The van der Waals surface area contributed by atoms with Crippen molar-refractivity contribution in [1.29, 1.82) is 0 Å². The van der Waals surface area contributed by atoms with E-state index >= 15 is 0 Å². The summed E-state index contributed by atoms with van der Waals surface area (Å²) in [7, 11) is 0. The van der Waals surface area contributed by atoms with Gasteiger partial charge in [0.2, 0.25) is 0 Å². The first kappa shape index (κ1) is 11.5. The zero-order valence-corrected chi connectivity index (χ0v) is 8.43. The van der Waals surface area contributed by atoms with E-state index in [-0.39, 0.29) is 12.1 Å². The third kappa shape index (κ3) is 6.20. The number of carbonyl (C=O) groups excluding carboxylic acids is 1. The zero-order valence-electron chi connectivity index (χ0n) is 8.43. The van der Waals surface area contributed by atoms with Crippen molar-refractivity contribution in [3.63, 3.8) is 0 Å². The van der Waals surface area contributed by atoms with Gasteiger partial charge in [0.25, 0.3) is 0 Å². The fourth-order valence-electron chi connectivity index (χ4n) is 0.886. The van der Waals surface area contributed by atoms with Gasteiger partial charge in [0.05, 0.1) is 6.10 Å². The van der Waals surface area contributed by atoms with Crippen molar-refractivity contribution in [1.82, 2.24) is 0 Å². The second-order valence-corrected chi connectivity index (χ2v) is 3.17. The van der Waals surface area contributed by atoms with E-state index in [2.05, 4.69) is 6.92 Å². The van der Waals surface area contributed by atoms with E-state index in [9.17, 15) is 4.79 Å². The van der Waals surface area contributed by atoms with Gasteiger partial charge in [-0.1, -0.05) is 26.7 Å². The number of rotatable bonds is 6. The van der Waals surface area contributed by atoms with Crippen LogP contribution in [0.2, 0.25) is 0 Å². The highest BCUT2D eigenvalue weighted by Crippen LogP contribution is 2.03. The monoisotopic (exact) mass is 172 g/mol. The van der Waals surface area contributed by atoms with E-state index in [0.29, 0.717) is 6.42 Å². The van der Waals surface area contributed by atoms with E-state index in [1.54, 1.807) is 0 Å². The lowest BCUT2D eigenvalue weighted by molar-refractivity contribution is -0.148. The van der Waals surface area contributed by atoms with Crippen molar-refractivity contribution in [3.8, 4) is 0 Å². The summed E-state index contributed by atoms with van der Waals surface area (Å²) < 4.78 is 5.11. The zero-order chi connectivity index (χ0) is 9.40. The number of carbonyl (C=O) groups is 1. The van der Waals surface area contributed by atoms with Gasteiger partial charge in [-0.3, -0.25) is 4.79 Å². The molecule has 0 rings (SSSR count). The Balaban J connectivity index is 3.33. The molecule has 0 spiro atoms. The lowest BCUT2D eigenvalue weighted by Crippen LogP contribution is -2.13. The van der Waals surface area contributed by atoms with Crippen LogP contribution in [0, 0.1) is 0 Å². The smallest absolute Gasteiger partial charge is 0.306 e. The molecule has 0 fully saturated rings. The van der Waals surface area contributed by atoms with E-state index in [0.717, 1.165) is 25.7 Å². The van der Waals surface area contributed by atoms with E-state index in [4.69, 9.17) is 4.74 Å². The fraction of sp³-hybridized carbons (Fsp3) is 0.900. The summed E-state index contributed by atoms with van der Waals surface area (Å²) >= 11 is 0. The van der Waals surface area contributed by atoms with Gasteiger partial charge in [0.15, 0.2) is 0 Å². The number of hydrogen-bond donors (Lipinski definition) is 0. The fourth-order valence-corrected chi connectivity index (χ4v) is 0.886. The van der Waals surface area contributed by atoms with Crippen LogP contribution in [0.5, 0.6) is 0 Å². The molecule has 0 saturated heterocycles. The first-order valence-electron chi connectivity index (χ1n) is 4.90. The predicted octanol–water partition coefficient (Wildman–Crippen LogP) is 2.91. The normalized spacial score (nSPS) is 12.6.